The lowest BCUT2D eigenvalue weighted by Gasteiger charge is -2.49. The summed E-state index contributed by atoms with van der Waals surface area (Å²) in [7, 11) is 1.68. The number of amides is 1. The van der Waals surface area contributed by atoms with Gasteiger partial charge in [-0.05, 0) is 48.2 Å². The van der Waals surface area contributed by atoms with E-state index in [4.69, 9.17) is 4.74 Å². The number of rotatable bonds is 5. The molecule has 1 amide bonds. The minimum atomic E-state index is -0.234. The van der Waals surface area contributed by atoms with Crippen LogP contribution in [0.25, 0.3) is 0 Å². The zero-order chi connectivity index (χ0) is 21.3. The van der Waals surface area contributed by atoms with Crippen LogP contribution < -0.4 is 19.9 Å². The molecule has 1 N–H and O–H groups in total. The van der Waals surface area contributed by atoms with E-state index in [2.05, 4.69) is 41.1 Å². The molecule has 5 nitrogen and oxygen atoms in total. The van der Waals surface area contributed by atoms with E-state index in [1.807, 2.05) is 18.2 Å². The molecule has 0 spiro atoms. The standard InChI is InChI=1S/C24H30FN3O2/c1-16(2)14-26-24(29)21-12-17-4-9-20(30-3)13-22(17)28-11-10-27(15-23(21)28)19-7-5-18(25)6-8-19/h4-9,13,16,21,23H,10-12,14-15H2,1-3H3,(H,26,29)/t21-,23+/m1/s1. The number of methoxy groups -OCH3 is 1. The molecule has 30 heavy (non-hydrogen) atoms. The van der Waals surface area contributed by atoms with Crippen molar-refractivity contribution in [2.24, 2.45) is 11.8 Å². The van der Waals surface area contributed by atoms with E-state index in [1.165, 1.54) is 17.7 Å². The average Bonchev–Trinajstić information content (AvgIpc) is 2.76. The number of piperazine rings is 1. The second kappa shape index (κ2) is 8.54. The normalized spacial score (nSPS) is 20.6. The Morgan fingerprint density at radius 3 is 2.67 bits per heavy atom. The highest BCUT2D eigenvalue weighted by Crippen LogP contribution is 2.39. The highest BCUT2D eigenvalue weighted by molar-refractivity contribution is 5.82. The van der Waals surface area contributed by atoms with Crippen LogP contribution in [0.1, 0.15) is 19.4 Å². The number of hydrogen-bond acceptors (Lipinski definition) is 4. The molecule has 2 aliphatic rings. The fourth-order valence-electron chi connectivity index (χ4n) is 4.53. The zero-order valence-electron chi connectivity index (χ0n) is 17.9. The highest BCUT2D eigenvalue weighted by Gasteiger charge is 2.41. The first-order chi connectivity index (χ1) is 14.5. The number of halogens is 1. The molecule has 0 bridgehead atoms. The van der Waals surface area contributed by atoms with Crippen molar-refractivity contribution in [3.8, 4) is 5.75 Å². The van der Waals surface area contributed by atoms with Gasteiger partial charge in [-0.1, -0.05) is 19.9 Å². The summed E-state index contributed by atoms with van der Waals surface area (Å²) in [6, 6.07) is 12.8. The van der Waals surface area contributed by atoms with Crippen molar-refractivity contribution in [1.82, 2.24) is 5.32 Å². The number of anilines is 2. The predicted octanol–water partition coefficient (Wildman–Crippen LogP) is 3.47. The number of carbonyl (C=O) groups is 1. The van der Waals surface area contributed by atoms with Gasteiger partial charge < -0.3 is 19.9 Å². The van der Waals surface area contributed by atoms with Crippen LogP contribution in [0.4, 0.5) is 15.8 Å². The Kier molecular flexibility index (Phi) is 5.84. The van der Waals surface area contributed by atoms with Crippen LogP contribution in [0.5, 0.6) is 5.75 Å². The van der Waals surface area contributed by atoms with Crippen LogP contribution in [-0.2, 0) is 11.2 Å². The fraction of sp³-hybridized carbons (Fsp3) is 0.458. The molecule has 2 aliphatic heterocycles. The molecule has 2 aromatic carbocycles. The molecule has 0 radical (unpaired) electrons. The van der Waals surface area contributed by atoms with Crippen molar-refractivity contribution in [2.45, 2.75) is 26.3 Å². The minimum Gasteiger partial charge on any atom is -0.497 e. The number of hydrogen-bond donors (Lipinski definition) is 1. The smallest absolute Gasteiger partial charge is 0.225 e. The summed E-state index contributed by atoms with van der Waals surface area (Å²) < 4.78 is 18.8. The van der Waals surface area contributed by atoms with Crippen molar-refractivity contribution in [3.05, 3.63) is 53.8 Å². The third kappa shape index (κ3) is 4.09. The van der Waals surface area contributed by atoms with Gasteiger partial charge in [-0.2, -0.15) is 0 Å². The Morgan fingerprint density at radius 2 is 1.97 bits per heavy atom. The van der Waals surface area contributed by atoms with Crippen LogP contribution >= 0.6 is 0 Å². The molecule has 0 unspecified atom stereocenters. The molecule has 2 heterocycles. The Hall–Kier alpha value is -2.76. The summed E-state index contributed by atoms with van der Waals surface area (Å²) in [5.74, 6) is 0.986. The lowest BCUT2D eigenvalue weighted by molar-refractivity contribution is -0.126. The number of nitrogens with one attached hydrogen (secondary N) is 1. The summed E-state index contributed by atoms with van der Waals surface area (Å²) in [6.45, 7) is 7.23. The number of benzene rings is 2. The first-order valence-electron chi connectivity index (χ1n) is 10.7. The first-order valence-corrected chi connectivity index (χ1v) is 10.7. The van der Waals surface area contributed by atoms with Crippen molar-refractivity contribution in [1.29, 1.82) is 0 Å². The van der Waals surface area contributed by atoms with Crippen LogP contribution in [-0.4, -0.2) is 45.2 Å². The monoisotopic (exact) mass is 411 g/mol. The van der Waals surface area contributed by atoms with E-state index in [0.29, 0.717) is 18.9 Å². The molecule has 0 aromatic heterocycles. The number of fused-ring (bicyclic) bond motifs is 3. The minimum absolute atomic E-state index is 0.0515. The maximum Gasteiger partial charge on any atom is 0.225 e. The van der Waals surface area contributed by atoms with Gasteiger partial charge in [0.15, 0.2) is 0 Å². The first kappa shape index (κ1) is 20.5. The largest absolute Gasteiger partial charge is 0.497 e. The van der Waals surface area contributed by atoms with E-state index in [0.717, 1.165) is 36.8 Å². The third-order valence-electron chi connectivity index (χ3n) is 6.14. The van der Waals surface area contributed by atoms with Crippen LogP contribution in [0.3, 0.4) is 0 Å². The lowest BCUT2D eigenvalue weighted by atomic mass is 9.83. The highest BCUT2D eigenvalue weighted by atomic mass is 19.1. The molecular weight excluding hydrogens is 381 g/mol. The lowest BCUT2D eigenvalue weighted by Crippen LogP contribution is -2.61. The van der Waals surface area contributed by atoms with Crippen molar-refractivity contribution < 1.29 is 13.9 Å². The second-order valence-electron chi connectivity index (χ2n) is 8.63. The fourth-order valence-corrected chi connectivity index (χ4v) is 4.53. The van der Waals surface area contributed by atoms with Crippen LogP contribution in [0.15, 0.2) is 42.5 Å². The molecule has 0 aliphatic carbocycles. The van der Waals surface area contributed by atoms with E-state index < -0.39 is 0 Å². The van der Waals surface area contributed by atoms with Gasteiger partial charge in [0, 0.05) is 43.6 Å². The number of ether oxygens (including phenoxy) is 1. The quantitative estimate of drug-likeness (QED) is 0.818. The van der Waals surface area contributed by atoms with Crippen LogP contribution in [0.2, 0.25) is 0 Å². The Balaban J connectivity index is 1.64. The van der Waals surface area contributed by atoms with E-state index in [1.54, 1.807) is 7.11 Å². The summed E-state index contributed by atoms with van der Waals surface area (Å²) in [4.78, 5) is 17.8. The molecule has 2 aromatic rings. The molecular formula is C24H30FN3O2. The van der Waals surface area contributed by atoms with Crippen LogP contribution in [0, 0.1) is 17.7 Å². The summed E-state index contributed by atoms with van der Waals surface area (Å²) in [5.41, 5.74) is 3.34. The average molecular weight is 412 g/mol. The van der Waals surface area contributed by atoms with Gasteiger partial charge in [-0.3, -0.25) is 4.79 Å². The van der Waals surface area contributed by atoms with E-state index in [-0.39, 0.29) is 23.7 Å². The molecule has 160 valence electrons. The van der Waals surface area contributed by atoms with Gasteiger partial charge in [-0.15, -0.1) is 0 Å². The van der Waals surface area contributed by atoms with Crippen molar-refractivity contribution in [2.75, 3.05) is 43.1 Å². The third-order valence-corrected chi connectivity index (χ3v) is 6.14. The SMILES string of the molecule is COc1ccc2c(c1)N1CCN(c3ccc(F)cc3)C[C@H]1[C@H](C(=O)NCC(C)C)C2. The van der Waals surface area contributed by atoms with Gasteiger partial charge in [0.25, 0.3) is 0 Å². The zero-order valence-corrected chi connectivity index (χ0v) is 17.9. The van der Waals surface area contributed by atoms with Crippen molar-refractivity contribution in [3.63, 3.8) is 0 Å². The van der Waals surface area contributed by atoms with Gasteiger partial charge >= 0.3 is 0 Å². The Bertz CT molecular complexity index is 900. The second-order valence-corrected chi connectivity index (χ2v) is 8.63. The van der Waals surface area contributed by atoms with Gasteiger partial charge in [0.1, 0.15) is 11.6 Å². The predicted molar refractivity (Wildman–Crippen MR) is 118 cm³/mol. The maximum atomic E-state index is 13.4. The number of nitrogens with zero attached hydrogens (tertiary/aromatic N) is 2. The number of carbonyl (C=O) groups excluding carboxylic acids is 1. The van der Waals surface area contributed by atoms with Gasteiger partial charge in [0.2, 0.25) is 5.91 Å². The topological polar surface area (TPSA) is 44.8 Å². The molecule has 2 atom stereocenters. The summed E-state index contributed by atoms with van der Waals surface area (Å²) >= 11 is 0. The summed E-state index contributed by atoms with van der Waals surface area (Å²) in [6.07, 6.45) is 0.710. The molecule has 6 heteroatoms. The Morgan fingerprint density at radius 1 is 1.20 bits per heavy atom. The Labute approximate surface area is 177 Å². The molecule has 1 saturated heterocycles. The molecule has 4 rings (SSSR count). The molecule has 0 saturated carbocycles. The van der Waals surface area contributed by atoms with Crippen molar-refractivity contribution >= 4 is 17.3 Å². The summed E-state index contributed by atoms with van der Waals surface area (Å²) in [5, 5.41) is 3.14. The van der Waals surface area contributed by atoms with E-state index >= 15 is 0 Å². The molecule has 1 fully saturated rings. The maximum absolute atomic E-state index is 13.4. The van der Waals surface area contributed by atoms with Gasteiger partial charge in [-0.25, -0.2) is 4.39 Å². The van der Waals surface area contributed by atoms with E-state index in [9.17, 15) is 9.18 Å². The van der Waals surface area contributed by atoms with Gasteiger partial charge in [0.05, 0.1) is 19.1 Å².